The van der Waals surface area contributed by atoms with Crippen molar-refractivity contribution in [1.82, 2.24) is 10.2 Å². The van der Waals surface area contributed by atoms with Crippen LogP contribution < -0.4 is 11.1 Å². The van der Waals surface area contributed by atoms with Gasteiger partial charge in [0.05, 0.1) is 0 Å². The lowest BCUT2D eigenvalue weighted by Crippen LogP contribution is -2.56. The van der Waals surface area contributed by atoms with Gasteiger partial charge in [0, 0.05) is 37.8 Å². The van der Waals surface area contributed by atoms with Gasteiger partial charge in [-0.25, -0.2) is 0 Å². The third-order valence-electron chi connectivity index (χ3n) is 2.65. The number of nitrogens with one attached hydrogen (secondary N) is 1. The molecule has 1 aliphatic rings. The molecule has 1 saturated heterocycles. The fourth-order valence-corrected chi connectivity index (χ4v) is 2.05. The second-order valence-corrected chi connectivity index (χ2v) is 4.36. The molecule has 0 amide bonds. The Bertz CT molecular complexity index is 139. The molecule has 0 aromatic carbocycles. The van der Waals surface area contributed by atoms with Crippen LogP contribution in [0.5, 0.6) is 0 Å². The molecule has 0 saturated carbocycles. The van der Waals surface area contributed by atoms with Crippen LogP contribution in [0.2, 0.25) is 0 Å². The van der Waals surface area contributed by atoms with Crippen molar-refractivity contribution >= 4 is 0 Å². The lowest BCUT2D eigenvalue weighted by atomic mass is 10.1. The van der Waals surface area contributed by atoms with Gasteiger partial charge in [-0.2, -0.15) is 0 Å². The molecule has 13 heavy (non-hydrogen) atoms. The van der Waals surface area contributed by atoms with Gasteiger partial charge in [-0.15, -0.1) is 0 Å². The summed E-state index contributed by atoms with van der Waals surface area (Å²) in [7, 11) is 0. The minimum atomic E-state index is 0.345. The van der Waals surface area contributed by atoms with E-state index in [4.69, 9.17) is 5.73 Å². The first-order valence-corrected chi connectivity index (χ1v) is 5.35. The molecule has 0 radical (unpaired) electrons. The van der Waals surface area contributed by atoms with Crippen LogP contribution in [0.1, 0.15) is 27.2 Å². The highest BCUT2D eigenvalue weighted by Gasteiger charge is 2.21. The Labute approximate surface area is 81.7 Å². The van der Waals surface area contributed by atoms with E-state index in [1.807, 2.05) is 0 Å². The molecule has 3 N–H and O–H groups in total. The predicted octanol–water partition coefficient (Wildman–Crippen LogP) is 0.406. The van der Waals surface area contributed by atoms with Crippen molar-refractivity contribution in [2.24, 2.45) is 5.73 Å². The quantitative estimate of drug-likeness (QED) is 0.669. The van der Waals surface area contributed by atoms with Gasteiger partial charge in [-0.05, 0) is 20.3 Å². The van der Waals surface area contributed by atoms with Crippen LogP contribution in [0.4, 0.5) is 0 Å². The molecule has 0 aromatic rings. The Kier molecular flexibility index (Phi) is 4.16. The summed E-state index contributed by atoms with van der Waals surface area (Å²) < 4.78 is 0. The number of hydrogen-bond donors (Lipinski definition) is 2. The van der Waals surface area contributed by atoms with E-state index in [1.165, 1.54) is 0 Å². The maximum Gasteiger partial charge on any atom is 0.0169 e. The predicted molar refractivity (Wildman–Crippen MR) is 56.8 cm³/mol. The Hall–Kier alpha value is -0.120. The lowest BCUT2D eigenvalue weighted by Gasteiger charge is -2.37. The van der Waals surface area contributed by atoms with Crippen molar-refractivity contribution in [1.29, 1.82) is 0 Å². The first-order valence-electron chi connectivity index (χ1n) is 5.35. The van der Waals surface area contributed by atoms with Gasteiger partial charge in [0.2, 0.25) is 0 Å². The molecule has 0 spiro atoms. The minimum absolute atomic E-state index is 0.345. The zero-order chi connectivity index (χ0) is 9.84. The summed E-state index contributed by atoms with van der Waals surface area (Å²) in [6.07, 6.45) is 1.08. The smallest absolute Gasteiger partial charge is 0.0169 e. The van der Waals surface area contributed by atoms with Crippen molar-refractivity contribution in [3.63, 3.8) is 0 Å². The van der Waals surface area contributed by atoms with Gasteiger partial charge in [0.1, 0.15) is 0 Å². The van der Waals surface area contributed by atoms with Gasteiger partial charge in [0.25, 0.3) is 0 Å². The first kappa shape index (κ1) is 11.0. The number of nitrogens with two attached hydrogens (primary N) is 1. The molecule has 78 valence electrons. The van der Waals surface area contributed by atoms with E-state index in [9.17, 15) is 0 Å². The molecule has 1 heterocycles. The maximum atomic E-state index is 5.93. The molecule has 3 heteroatoms. The first-order chi connectivity index (χ1) is 6.11. The van der Waals surface area contributed by atoms with Crippen LogP contribution in [0.3, 0.4) is 0 Å². The normalized spacial score (nSPS) is 33.2. The summed E-state index contributed by atoms with van der Waals surface area (Å²) in [5.41, 5.74) is 5.93. The summed E-state index contributed by atoms with van der Waals surface area (Å²) in [5.74, 6) is 0. The molecule has 1 rings (SSSR count). The molecule has 0 bridgehead atoms. The van der Waals surface area contributed by atoms with E-state index in [0.717, 1.165) is 26.1 Å². The molecular weight excluding hydrogens is 162 g/mol. The molecular formula is C10H23N3. The molecule has 3 nitrogen and oxygen atoms in total. The van der Waals surface area contributed by atoms with E-state index in [0.29, 0.717) is 18.1 Å². The van der Waals surface area contributed by atoms with Crippen molar-refractivity contribution in [2.75, 3.05) is 19.6 Å². The van der Waals surface area contributed by atoms with E-state index >= 15 is 0 Å². The minimum Gasteiger partial charge on any atom is -0.327 e. The van der Waals surface area contributed by atoms with Crippen molar-refractivity contribution < 1.29 is 0 Å². The van der Waals surface area contributed by atoms with Gasteiger partial charge in [0.15, 0.2) is 0 Å². The summed E-state index contributed by atoms with van der Waals surface area (Å²) in [6.45, 7) is 9.95. The van der Waals surface area contributed by atoms with E-state index in [1.54, 1.807) is 0 Å². The number of hydrogen-bond acceptors (Lipinski definition) is 3. The second-order valence-electron chi connectivity index (χ2n) is 4.36. The summed E-state index contributed by atoms with van der Waals surface area (Å²) >= 11 is 0. The highest BCUT2D eigenvalue weighted by atomic mass is 15.2. The average molecular weight is 185 g/mol. The van der Waals surface area contributed by atoms with Crippen LogP contribution in [0.25, 0.3) is 0 Å². The highest BCUT2D eigenvalue weighted by molar-refractivity contribution is 4.82. The van der Waals surface area contributed by atoms with Crippen molar-refractivity contribution in [2.45, 2.75) is 45.3 Å². The van der Waals surface area contributed by atoms with Gasteiger partial charge >= 0.3 is 0 Å². The Morgan fingerprint density at radius 1 is 1.38 bits per heavy atom. The van der Waals surface area contributed by atoms with E-state index in [2.05, 4.69) is 31.0 Å². The molecule has 3 atom stereocenters. The largest absolute Gasteiger partial charge is 0.327 e. The molecule has 3 unspecified atom stereocenters. The van der Waals surface area contributed by atoms with E-state index < -0.39 is 0 Å². The molecule has 1 aliphatic heterocycles. The van der Waals surface area contributed by atoms with Gasteiger partial charge < -0.3 is 11.1 Å². The van der Waals surface area contributed by atoms with Gasteiger partial charge in [-0.1, -0.05) is 6.92 Å². The van der Waals surface area contributed by atoms with Crippen LogP contribution in [-0.4, -0.2) is 42.7 Å². The van der Waals surface area contributed by atoms with Crippen molar-refractivity contribution in [3.8, 4) is 0 Å². The molecule has 0 aliphatic carbocycles. The van der Waals surface area contributed by atoms with Gasteiger partial charge in [-0.3, -0.25) is 4.90 Å². The molecule has 0 aromatic heterocycles. The average Bonchev–Trinajstić information content (AvgIpc) is 2.02. The monoisotopic (exact) mass is 185 g/mol. The topological polar surface area (TPSA) is 41.3 Å². The summed E-state index contributed by atoms with van der Waals surface area (Å²) in [4.78, 5) is 2.47. The Balaban J connectivity index is 2.32. The summed E-state index contributed by atoms with van der Waals surface area (Å²) in [6, 6.07) is 1.55. The third-order valence-corrected chi connectivity index (χ3v) is 2.65. The third kappa shape index (κ3) is 3.63. The Morgan fingerprint density at radius 2 is 1.92 bits per heavy atom. The standard InChI is InChI=1S/C10H23N3/c1-4-10(11)7-13-5-8(2)12-9(3)6-13/h8-10,12H,4-7,11H2,1-3H3. The van der Waals surface area contributed by atoms with E-state index in [-0.39, 0.29) is 0 Å². The zero-order valence-electron chi connectivity index (χ0n) is 9.09. The SMILES string of the molecule is CCC(N)CN1CC(C)NC(C)C1. The van der Waals surface area contributed by atoms with Crippen LogP contribution in [-0.2, 0) is 0 Å². The lowest BCUT2D eigenvalue weighted by molar-refractivity contribution is 0.164. The molecule has 1 fully saturated rings. The maximum absolute atomic E-state index is 5.93. The number of nitrogens with zero attached hydrogens (tertiary/aromatic N) is 1. The fourth-order valence-electron chi connectivity index (χ4n) is 2.05. The second kappa shape index (κ2) is 4.94. The van der Waals surface area contributed by atoms with Crippen molar-refractivity contribution in [3.05, 3.63) is 0 Å². The zero-order valence-corrected chi connectivity index (χ0v) is 9.09. The van der Waals surface area contributed by atoms with Crippen LogP contribution in [0.15, 0.2) is 0 Å². The Morgan fingerprint density at radius 3 is 2.38 bits per heavy atom. The van der Waals surface area contributed by atoms with Crippen LogP contribution in [0, 0.1) is 0 Å². The summed E-state index contributed by atoms with van der Waals surface area (Å²) in [5, 5.41) is 3.52. The highest BCUT2D eigenvalue weighted by Crippen LogP contribution is 2.04. The number of rotatable bonds is 3. The van der Waals surface area contributed by atoms with Crippen LogP contribution >= 0.6 is 0 Å². The number of piperazine rings is 1. The fraction of sp³-hybridized carbons (Fsp3) is 1.00.